The van der Waals surface area contributed by atoms with Crippen LogP contribution in [0.5, 0.6) is 0 Å². The van der Waals surface area contributed by atoms with E-state index in [9.17, 15) is 8.42 Å². The van der Waals surface area contributed by atoms with Gasteiger partial charge in [0.2, 0.25) is 10.0 Å². The first-order valence-electron chi connectivity index (χ1n) is 8.71. The Bertz CT molecular complexity index is 437. The molecule has 7 nitrogen and oxygen atoms in total. The fourth-order valence-corrected chi connectivity index (χ4v) is 3.20. The average Bonchev–Trinajstić information content (AvgIpc) is 2.82. The molecule has 0 aliphatic carbocycles. The van der Waals surface area contributed by atoms with Crippen molar-refractivity contribution in [1.82, 2.24) is 20.3 Å². The Morgan fingerprint density at radius 1 is 1.04 bits per heavy atom. The molecule has 1 heterocycles. The molecule has 0 saturated carbocycles. The summed E-state index contributed by atoms with van der Waals surface area (Å²) in [5.41, 5.74) is 0. The molecule has 24 heavy (non-hydrogen) atoms. The molecule has 0 spiro atoms. The van der Waals surface area contributed by atoms with Crippen LogP contribution in [0.4, 0.5) is 0 Å². The summed E-state index contributed by atoms with van der Waals surface area (Å²) in [6, 6.07) is 0. The summed E-state index contributed by atoms with van der Waals surface area (Å²) in [6.07, 6.45) is 6.47. The molecule has 0 bridgehead atoms. The van der Waals surface area contributed by atoms with E-state index in [0.717, 1.165) is 25.5 Å². The van der Waals surface area contributed by atoms with Gasteiger partial charge in [0.1, 0.15) is 0 Å². The van der Waals surface area contributed by atoms with E-state index < -0.39 is 10.0 Å². The predicted octanol–water partition coefficient (Wildman–Crippen LogP) is 0.975. The van der Waals surface area contributed by atoms with Gasteiger partial charge in [0.05, 0.1) is 5.75 Å². The van der Waals surface area contributed by atoms with Crippen molar-refractivity contribution in [3.8, 4) is 0 Å². The zero-order valence-corrected chi connectivity index (χ0v) is 18.2. The number of likely N-dealkylation sites (tertiary alicyclic amines) is 1. The number of hydrogen-bond donors (Lipinski definition) is 3. The summed E-state index contributed by atoms with van der Waals surface area (Å²) >= 11 is 0. The lowest BCUT2D eigenvalue weighted by molar-refractivity contribution is 0.282. The third-order valence-electron chi connectivity index (χ3n) is 3.99. The van der Waals surface area contributed by atoms with Crippen molar-refractivity contribution in [2.24, 2.45) is 4.99 Å². The molecular weight excluding hydrogens is 441 g/mol. The molecule has 144 valence electrons. The maximum atomic E-state index is 11.3. The molecular formula is C15H34IN5O2S. The number of sulfonamides is 1. The lowest BCUT2D eigenvalue weighted by Crippen LogP contribution is -2.42. The molecule has 3 N–H and O–H groups in total. The highest BCUT2D eigenvalue weighted by atomic mass is 127. The van der Waals surface area contributed by atoms with Crippen LogP contribution in [-0.2, 0) is 10.0 Å². The summed E-state index contributed by atoms with van der Waals surface area (Å²) in [4.78, 5) is 6.69. The van der Waals surface area contributed by atoms with Crippen molar-refractivity contribution in [1.29, 1.82) is 0 Å². The Balaban J connectivity index is 0.00000529. The third-order valence-corrected chi connectivity index (χ3v) is 5.39. The van der Waals surface area contributed by atoms with Crippen LogP contribution in [0.15, 0.2) is 4.99 Å². The van der Waals surface area contributed by atoms with Crippen molar-refractivity contribution < 1.29 is 8.42 Å². The molecule has 0 atom stereocenters. The molecule has 0 aromatic carbocycles. The predicted molar refractivity (Wildman–Crippen MR) is 112 cm³/mol. The van der Waals surface area contributed by atoms with Gasteiger partial charge in [-0.05, 0) is 45.8 Å². The topological polar surface area (TPSA) is 85.8 Å². The Hall–Kier alpha value is -0.130. The van der Waals surface area contributed by atoms with Gasteiger partial charge in [0, 0.05) is 26.7 Å². The molecule has 1 fully saturated rings. The van der Waals surface area contributed by atoms with Crippen LogP contribution < -0.4 is 15.4 Å². The van der Waals surface area contributed by atoms with Gasteiger partial charge in [-0.3, -0.25) is 4.99 Å². The smallest absolute Gasteiger partial charge is 0.211 e. The minimum Gasteiger partial charge on any atom is -0.356 e. The summed E-state index contributed by atoms with van der Waals surface area (Å²) in [7, 11) is -1.39. The zero-order chi connectivity index (χ0) is 17.0. The van der Waals surface area contributed by atoms with Crippen LogP contribution in [0.3, 0.4) is 0 Å². The number of nitrogens with one attached hydrogen (secondary N) is 3. The minimum absolute atomic E-state index is 0. The molecule has 9 heteroatoms. The van der Waals surface area contributed by atoms with E-state index >= 15 is 0 Å². The van der Waals surface area contributed by atoms with Gasteiger partial charge in [0.15, 0.2) is 5.96 Å². The van der Waals surface area contributed by atoms with E-state index in [0.29, 0.717) is 13.1 Å². The van der Waals surface area contributed by atoms with Crippen molar-refractivity contribution in [3.05, 3.63) is 0 Å². The van der Waals surface area contributed by atoms with E-state index in [1.165, 1.54) is 38.8 Å². The zero-order valence-electron chi connectivity index (χ0n) is 15.0. The van der Waals surface area contributed by atoms with Crippen LogP contribution in [0.2, 0.25) is 0 Å². The molecule has 1 aliphatic heterocycles. The number of nitrogens with zero attached hydrogens (tertiary/aromatic N) is 2. The fourth-order valence-electron chi connectivity index (χ4n) is 2.58. The van der Waals surface area contributed by atoms with Crippen LogP contribution in [-0.4, -0.2) is 71.3 Å². The normalized spacial score (nSPS) is 17.0. The highest BCUT2D eigenvalue weighted by Gasteiger charge is 2.08. The van der Waals surface area contributed by atoms with Crippen molar-refractivity contribution >= 4 is 40.0 Å². The second kappa shape index (κ2) is 14.1. The molecule has 1 rings (SSSR count). The Morgan fingerprint density at radius 2 is 1.67 bits per heavy atom. The molecule has 1 aliphatic rings. The van der Waals surface area contributed by atoms with E-state index in [1.807, 2.05) is 0 Å². The molecule has 0 aromatic rings. The lowest BCUT2D eigenvalue weighted by Gasteiger charge is -2.20. The monoisotopic (exact) mass is 475 g/mol. The Kier molecular flexibility index (Phi) is 14.0. The number of halogens is 1. The number of rotatable bonds is 9. The Morgan fingerprint density at radius 3 is 2.25 bits per heavy atom. The van der Waals surface area contributed by atoms with Crippen LogP contribution in [0, 0.1) is 0 Å². The average molecular weight is 475 g/mol. The van der Waals surface area contributed by atoms with Crippen LogP contribution in [0.1, 0.15) is 39.0 Å². The SMILES string of the molecule is CCS(=O)(=O)NCCNC(=NC)NCCCN1CCCCCC1.I. The minimum atomic E-state index is -3.12. The number of guanidine groups is 1. The first-order valence-corrected chi connectivity index (χ1v) is 10.4. The van der Waals surface area contributed by atoms with E-state index in [4.69, 9.17) is 0 Å². The maximum absolute atomic E-state index is 11.3. The van der Waals surface area contributed by atoms with Gasteiger partial charge in [-0.2, -0.15) is 0 Å². The highest BCUT2D eigenvalue weighted by molar-refractivity contribution is 14.0. The highest BCUT2D eigenvalue weighted by Crippen LogP contribution is 2.09. The van der Waals surface area contributed by atoms with Gasteiger partial charge < -0.3 is 15.5 Å². The van der Waals surface area contributed by atoms with Crippen LogP contribution >= 0.6 is 24.0 Å². The molecule has 0 amide bonds. The fraction of sp³-hybridized carbons (Fsp3) is 0.933. The quantitative estimate of drug-likeness (QED) is 0.200. The standard InChI is InChI=1S/C15H33N5O2S.HI/c1-3-23(21,22)19-11-10-18-15(16-2)17-9-8-14-20-12-6-4-5-7-13-20;/h19H,3-14H2,1-2H3,(H2,16,17,18);1H. The lowest BCUT2D eigenvalue weighted by atomic mass is 10.2. The van der Waals surface area contributed by atoms with E-state index in [1.54, 1.807) is 14.0 Å². The molecule has 0 radical (unpaired) electrons. The van der Waals surface area contributed by atoms with Crippen molar-refractivity contribution in [3.63, 3.8) is 0 Å². The summed E-state index contributed by atoms with van der Waals surface area (Å²) in [5, 5.41) is 6.38. The van der Waals surface area contributed by atoms with Crippen LogP contribution in [0.25, 0.3) is 0 Å². The summed E-state index contributed by atoms with van der Waals surface area (Å²) < 4.78 is 25.1. The van der Waals surface area contributed by atoms with Gasteiger partial charge in [-0.15, -0.1) is 24.0 Å². The van der Waals surface area contributed by atoms with Crippen molar-refractivity contribution in [2.75, 3.05) is 52.1 Å². The summed E-state index contributed by atoms with van der Waals surface area (Å²) in [6.45, 7) is 6.96. The molecule has 0 unspecified atom stereocenters. The van der Waals surface area contributed by atoms with E-state index in [-0.39, 0.29) is 29.7 Å². The molecule has 1 saturated heterocycles. The van der Waals surface area contributed by atoms with Gasteiger partial charge in [-0.25, -0.2) is 13.1 Å². The number of hydrogen-bond acceptors (Lipinski definition) is 4. The second-order valence-electron chi connectivity index (χ2n) is 5.83. The second-order valence-corrected chi connectivity index (χ2v) is 7.93. The number of aliphatic imine (C=N–C) groups is 1. The van der Waals surface area contributed by atoms with Gasteiger partial charge >= 0.3 is 0 Å². The van der Waals surface area contributed by atoms with E-state index in [2.05, 4.69) is 25.2 Å². The van der Waals surface area contributed by atoms with Crippen molar-refractivity contribution in [2.45, 2.75) is 39.0 Å². The Labute approximate surface area is 164 Å². The van der Waals surface area contributed by atoms with Gasteiger partial charge in [-0.1, -0.05) is 12.8 Å². The molecule has 0 aromatic heterocycles. The van der Waals surface area contributed by atoms with Gasteiger partial charge in [0.25, 0.3) is 0 Å². The summed E-state index contributed by atoms with van der Waals surface area (Å²) in [5.74, 6) is 0.827. The largest absolute Gasteiger partial charge is 0.356 e. The third kappa shape index (κ3) is 11.4. The first kappa shape index (κ1) is 23.9. The maximum Gasteiger partial charge on any atom is 0.211 e. The first-order chi connectivity index (χ1) is 11.1.